The molecule has 0 aromatic heterocycles. The van der Waals surface area contributed by atoms with Gasteiger partial charge in [-0.25, -0.2) is 0 Å². The van der Waals surface area contributed by atoms with Gasteiger partial charge >= 0.3 is 0 Å². The summed E-state index contributed by atoms with van der Waals surface area (Å²) in [6.45, 7) is 4.15. The van der Waals surface area contributed by atoms with Crippen molar-refractivity contribution in [1.29, 1.82) is 0 Å². The van der Waals surface area contributed by atoms with Gasteiger partial charge in [-0.3, -0.25) is 0 Å². The topological polar surface area (TPSA) is 9.23 Å². The van der Waals surface area contributed by atoms with Crippen LogP contribution in [0, 0.1) is 0 Å². The molecule has 0 aliphatic heterocycles. The summed E-state index contributed by atoms with van der Waals surface area (Å²) in [4.78, 5) is 0.983. The van der Waals surface area contributed by atoms with Crippen LogP contribution in [-0.2, 0) is 4.74 Å². The Balaban J connectivity index is 3.99. The maximum atomic E-state index is 5.40. The second kappa shape index (κ2) is 6.55. The van der Waals surface area contributed by atoms with E-state index in [4.69, 9.17) is 17.0 Å². The van der Waals surface area contributed by atoms with Crippen LogP contribution in [0.3, 0.4) is 0 Å². The third-order valence-electron chi connectivity index (χ3n) is 1.35. The zero-order chi connectivity index (χ0) is 8.69. The fraction of sp³-hybridized carbons (Fsp3) is 0.625. The molecule has 0 atom stereocenters. The Morgan fingerprint density at radius 2 is 2.09 bits per heavy atom. The molecule has 0 saturated heterocycles. The molecule has 0 rings (SSSR count). The summed E-state index contributed by atoms with van der Waals surface area (Å²) in [5.41, 5.74) is 0. The summed E-state index contributed by atoms with van der Waals surface area (Å²) < 4.78 is 5.40. The highest BCUT2D eigenvalue weighted by atomic mass is 32.1. The molecule has 0 radical (unpaired) electrons. The molecule has 0 aliphatic rings. The van der Waals surface area contributed by atoms with Crippen LogP contribution in [0.15, 0.2) is 11.8 Å². The molecule has 0 saturated carbocycles. The Bertz CT molecular complexity index is 154. The molecule has 0 fully saturated rings. The van der Waals surface area contributed by atoms with Crippen LogP contribution in [0.25, 0.3) is 0 Å². The molecule has 0 amide bonds. The van der Waals surface area contributed by atoms with Crippen LogP contribution in [-0.4, -0.2) is 21.3 Å². The minimum absolute atomic E-state index is 0.867. The summed E-state index contributed by atoms with van der Waals surface area (Å²) in [5, 5.41) is 0. The number of hydrogen-bond acceptors (Lipinski definition) is 2. The van der Waals surface area contributed by atoms with E-state index >= 15 is 0 Å². The van der Waals surface area contributed by atoms with Gasteiger partial charge in [-0.15, -0.1) is 0 Å². The van der Waals surface area contributed by atoms with Crippen molar-refractivity contribution >= 4 is 27.3 Å². The fourth-order valence-corrected chi connectivity index (χ4v) is 1.22. The van der Waals surface area contributed by atoms with Gasteiger partial charge in [0, 0.05) is 11.3 Å². The molecule has 1 nitrogen and oxygen atoms in total. The molecule has 0 bridgehead atoms. The highest BCUT2D eigenvalue weighted by Gasteiger charge is 1.94. The van der Waals surface area contributed by atoms with Gasteiger partial charge in [0.1, 0.15) is 0 Å². The summed E-state index contributed by atoms with van der Waals surface area (Å²) in [6, 6.07) is 0. The van der Waals surface area contributed by atoms with Crippen molar-refractivity contribution in [2.45, 2.75) is 26.7 Å². The van der Waals surface area contributed by atoms with Gasteiger partial charge < -0.3 is 4.74 Å². The quantitative estimate of drug-likeness (QED) is 0.279. The van der Waals surface area contributed by atoms with Crippen molar-refractivity contribution in [2.24, 2.45) is 0 Å². The van der Waals surface area contributed by atoms with E-state index in [0.29, 0.717) is 0 Å². The van der Waals surface area contributed by atoms with Gasteiger partial charge in [-0.1, -0.05) is 26.1 Å². The number of hydrogen-bond donors (Lipinski definition) is 0. The first-order valence-electron chi connectivity index (χ1n) is 4.10. The minimum atomic E-state index is 0.867. The first-order valence-corrected chi connectivity index (χ1v) is 5.93. The molecule has 64 valence electrons. The molecule has 0 heterocycles. The Hall–Kier alpha value is -0.153. The van der Waals surface area contributed by atoms with Crippen molar-refractivity contribution in [3.8, 4) is 0 Å². The highest BCUT2D eigenvalue weighted by molar-refractivity contribution is 7.80. The Kier molecular flexibility index (Phi) is 6.46. The fourth-order valence-electron chi connectivity index (χ4n) is 0.713. The summed E-state index contributed by atoms with van der Waals surface area (Å²) in [5.74, 6) is 1.03. The van der Waals surface area contributed by atoms with E-state index < -0.39 is 0 Å². The number of ether oxygens (including phenoxy) is 1. The first-order chi connectivity index (χ1) is 5.24. The zero-order valence-electron chi connectivity index (χ0n) is 7.52. The van der Waals surface area contributed by atoms with E-state index in [0.717, 1.165) is 39.9 Å². The Labute approximate surface area is 77.2 Å². The second-order valence-electron chi connectivity index (χ2n) is 2.22. The largest absolute Gasteiger partial charge is 0.503 e. The highest BCUT2D eigenvalue weighted by Crippen LogP contribution is 2.03. The van der Waals surface area contributed by atoms with E-state index in [1.54, 1.807) is 0 Å². The van der Waals surface area contributed by atoms with Gasteiger partial charge in [0.25, 0.3) is 0 Å². The number of allylic oxidation sites excluding steroid dienone is 2. The lowest BCUT2D eigenvalue weighted by molar-refractivity contribution is 0.259. The Morgan fingerprint density at radius 1 is 1.45 bits per heavy atom. The van der Waals surface area contributed by atoms with Gasteiger partial charge in [-0.2, -0.15) is 0 Å². The van der Waals surface area contributed by atoms with Crippen LogP contribution in [0.5, 0.6) is 0 Å². The maximum absolute atomic E-state index is 5.40. The number of thiocarbonyl (C=S) groups is 1. The maximum Gasteiger partial charge on any atom is 0.0962 e. The van der Waals surface area contributed by atoms with Crippen molar-refractivity contribution in [3.05, 3.63) is 11.8 Å². The molecule has 3 heteroatoms. The lowest BCUT2D eigenvalue weighted by Crippen LogP contribution is -1.96. The predicted molar refractivity (Wildman–Crippen MR) is 57.2 cm³/mol. The average Bonchev–Trinajstić information content (AvgIpc) is 2.03. The number of rotatable bonds is 5. The molecule has 0 spiro atoms. The first kappa shape index (κ1) is 10.8. The molecule has 11 heavy (non-hydrogen) atoms. The molecule has 0 unspecified atom stereocenters. The summed E-state index contributed by atoms with van der Waals surface area (Å²) in [7, 11) is 1.09. The molecular weight excluding hydrogens is 172 g/mol. The van der Waals surface area contributed by atoms with Crippen LogP contribution in [0.2, 0.25) is 0 Å². The molecular formula is C8H16OSSi. The molecule has 0 aliphatic carbocycles. The van der Waals surface area contributed by atoms with Crippen LogP contribution in [0.4, 0.5) is 0 Å². The van der Waals surface area contributed by atoms with Crippen molar-refractivity contribution < 1.29 is 4.74 Å². The zero-order valence-corrected chi connectivity index (χ0v) is 10.3. The van der Waals surface area contributed by atoms with E-state index in [2.05, 4.69) is 13.8 Å². The van der Waals surface area contributed by atoms with Crippen LogP contribution < -0.4 is 0 Å². The lowest BCUT2D eigenvalue weighted by atomic mass is 10.2. The smallest absolute Gasteiger partial charge is 0.0962 e. The van der Waals surface area contributed by atoms with Gasteiger partial charge in [0.2, 0.25) is 0 Å². The molecule has 0 aromatic carbocycles. The predicted octanol–water partition coefficient (Wildman–Crippen LogP) is 1.40. The third-order valence-corrected chi connectivity index (χ3v) is 2.04. The normalized spacial score (nSPS) is 11.6. The van der Waals surface area contributed by atoms with Gasteiger partial charge in [-0.05, 0) is 12.5 Å². The average molecular weight is 188 g/mol. The monoisotopic (exact) mass is 188 g/mol. The van der Waals surface area contributed by atoms with Crippen LogP contribution >= 0.6 is 12.2 Å². The van der Waals surface area contributed by atoms with Crippen LogP contribution in [0.1, 0.15) is 26.7 Å². The summed E-state index contributed by atoms with van der Waals surface area (Å²) in [6.07, 6.45) is 4.73. The second-order valence-corrected chi connectivity index (χ2v) is 3.32. The van der Waals surface area contributed by atoms with E-state index in [-0.39, 0.29) is 0 Å². The Morgan fingerprint density at radius 3 is 2.45 bits per heavy atom. The molecule has 0 aromatic rings. The SMILES string of the molecule is CCC(=S)/C=C(/CC)OC[SiH3]. The third kappa shape index (κ3) is 5.15. The standard InChI is InChI=1S/C8H16OSSi/c1-3-7(9-6-11)5-8(10)4-2/h5H,3-4,6H2,1-2,11H3/b7-5-. The minimum Gasteiger partial charge on any atom is -0.503 e. The lowest BCUT2D eigenvalue weighted by Gasteiger charge is -2.05. The van der Waals surface area contributed by atoms with Gasteiger partial charge in [0.05, 0.1) is 22.2 Å². The van der Waals surface area contributed by atoms with E-state index in [9.17, 15) is 0 Å². The molecule has 0 N–H and O–H groups in total. The van der Waals surface area contributed by atoms with Gasteiger partial charge in [0.15, 0.2) is 0 Å². The van der Waals surface area contributed by atoms with Crippen molar-refractivity contribution in [1.82, 2.24) is 0 Å². The van der Waals surface area contributed by atoms with E-state index in [1.807, 2.05) is 6.08 Å². The van der Waals surface area contributed by atoms with E-state index in [1.165, 1.54) is 0 Å². The van der Waals surface area contributed by atoms with Crippen molar-refractivity contribution in [2.75, 3.05) is 6.23 Å². The van der Waals surface area contributed by atoms with Crippen molar-refractivity contribution in [3.63, 3.8) is 0 Å². The summed E-state index contributed by atoms with van der Waals surface area (Å²) >= 11 is 5.07.